The summed E-state index contributed by atoms with van der Waals surface area (Å²) in [4.78, 5) is 12.5. The van der Waals surface area contributed by atoms with Crippen molar-refractivity contribution in [2.24, 2.45) is 0 Å². The summed E-state index contributed by atoms with van der Waals surface area (Å²) < 4.78 is 52.4. The van der Waals surface area contributed by atoms with Crippen molar-refractivity contribution in [3.05, 3.63) is 71.0 Å². The molecule has 3 aromatic rings. The highest BCUT2D eigenvalue weighted by Crippen LogP contribution is 2.33. The molecule has 31 heavy (non-hydrogen) atoms. The molecule has 0 aliphatic rings. The van der Waals surface area contributed by atoms with Gasteiger partial charge in [-0.2, -0.15) is 18.3 Å². The normalized spacial score (nSPS) is 11.3. The molecule has 0 fully saturated rings. The number of methoxy groups -OCH3 is 2. The van der Waals surface area contributed by atoms with Gasteiger partial charge in [0.05, 0.1) is 31.7 Å². The number of amides is 1. The van der Waals surface area contributed by atoms with E-state index < -0.39 is 23.3 Å². The Labute approximate surface area is 177 Å². The van der Waals surface area contributed by atoms with E-state index >= 15 is 0 Å². The predicted octanol–water partition coefficient (Wildman–Crippen LogP) is 4.19. The van der Waals surface area contributed by atoms with Crippen molar-refractivity contribution in [3.8, 4) is 17.2 Å². The average molecular weight is 433 g/mol. The van der Waals surface area contributed by atoms with Crippen LogP contribution >= 0.6 is 0 Å². The third-order valence-electron chi connectivity index (χ3n) is 4.71. The Hall–Kier alpha value is -3.49. The summed E-state index contributed by atoms with van der Waals surface area (Å²) in [6, 6.07) is 11.7. The second kappa shape index (κ2) is 9.11. The van der Waals surface area contributed by atoms with Gasteiger partial charge in [0.25, 0.3) is 5.91 Å². The van der Waals surface area contributed by atoms with Crippen LogP contribution < -0.4 is 14.8 Å². The van der Waals surface area contributed by atoms with Crippen molar-refractivity contribution in [1.29, 1.82) is 0 Å². The summed E-state index contributed by atoms with van der Waals surface area (Å²) >= 11 is 0. The van der Waals surface area contributed by atoms with Gasteiger partial charge >= 0.3 is 6.18 Å². The Kier molecular flexibility index (Phi) is 6.53. The molecule has 1 amide bonds. The highest BCUT2D eigenvalue weighted by molar-refractivity contribution is 5.95. The number of aryl methyl sites for hydroxylation is 1. The van der Waals surface area contributed by atoms with E-state index in [0.717, 1.165) is 22.0 Å². The van der Waals surface area contributed by atoms with Crippen molar-refractivity contribution in [2.45, 2.75) is 19.5 Å². The molecular formula is C22H22F3N3O3. The molecular weight excluding hydrogens is 411 g/mol. The van der Waals surface area contributed by atoms with Crippen LogP contribution in [0, 0.1) is 6.92 Å². The third-order valence-corrected chi connectivity index (χ3v) is 4.71. The van der Waals surface area contributed by atoms with Crippen LogP contribution in [-0.2, 0) is 12.6 Å². The van der Waals surface area contributed by atoms with Crippen molar-refractivity contribution >= 4 is 5.91 Å². The van der Waals surface area contributed by atoms with Gasteiger partial charge in [0.1, 0.15) is 0 Å². The van der Waals surface area contributed by atoms with E-state index in [9.17, 15) is 18.0 Å². The fraction of sp³-hybridized carbons (Fsp3) is 0.273. The quantitative estimate of drug-likeness (QED) is 0.607. The summed E-state index contributed by atoms with van der Waals surface area (Å²) in [7, 11) is 3.03. The van der Waals surface area contributed by atoms with Gasteiger partial charge in [0.2, 0.25) is 0 Å². The first-order valence-corrected chi connectivity index (χ1v) is 9.46. The zero-order chi connectivity index (χ0) is 22.6. The van der Waals surface area contributed by atoms with Gasteiger partial charge < -0.3 is 14.8 Å². The summed E-state index contributed by atoms with van der Waals surface area (Å²) in [5.41, 5.74) is 0.324. The SMILES string of the molecule is COc1ccc(CCNC(=O)c2cnn(-c3ccc(C)cc3)c2C(F)(F)F)cc1OC. The number of nitrogens with zero attached hydrogens (tertiary/aromatic N) is 2. The lowest BCUT2D eigenvalue weighted by Gasteiger charge is -2.13. The molecule has 6 nitrogen and oxygen atoms in total. The first-order valence-electron chi connectivity index (χ1n) is 9.46. The summed E-state index contributed by atoms with van der Waals surface area (Å²) in [6.45, 7) is 1.97. The van der Waals surface area contributed by atoms with E-state index in [-0.39, 0.29) is 12.2 Å². The van der Waals surface area contributed by atoms with E-state index in [1.807, 2.05) is 6.92 Å². The lowest BCUT2D eigenvalue weighted by Crippen LogP contribution is -2.28. The fourth-order valence-electron chi connectivity index (χ4n) is 3.12. The molecule has 1 aromatic heterocycles. The molecule has 0 spiro atoms. The number of benzene rings is 2. The van der Waals surface area contributed by atoms with Crippen molar-refractivity contribution in [2.75, 3.05) is 20.8 Å². The first-order chi connectivity index (χ1) is 14.7. The van der Waals surface area contributed by atoms with Gasteiger partial charge in [-0.25, -0.2) is 4.68 Å². The van der Waals surface area contributed by atoms with Crippen molar-refractivity contribution in [1.82, 2.24) is 15.1 Å². The molecule has 9 heteroatoms. The minimum Gasteiger partial charge on any atom is -0.493 e. The molecule has 0 atom stereocenters. The summed E-state index contributed by atoms with van der Waals surface area (Å²) in [6.07, 6.45) is -3.41. The molecule has 0 bridgehead atoms. The van der Waals surface area contributed by atoms with Crippen molar-refractivity contribution < 1.29 is 27.4 Å². The van der Waals surface area contributed by atoms with Crippen LogP contribution in [0.2, 0.25) is 0 Å². The Morgan fingerprint density at radius 1 is 1.06 bits per heavy atom. The Balaban J connectivity index is 1.77. The van der Waals surface area contributed by atoms with Crippen LogP contribution in [-0.4, -0.2) is 36.5 Å². The van der Waals surface area contributed by atoms with Crippen LogP contribution in [0.3, 0.4) is 0 Å². The van der Waals surface area contributed by atoms with Gasteiger partial charge in [-0.05, 0) is 43.2 Å². The highest BCUT2D eigenvalue weighted by Gasteiger charge is 2.40. The molecule has 3 rings (SSSR count). The largest absolute Gasteiger partial charge is 0.493 e. The first kappa shape index (κ1) is 22.2. The number of aromatic nitrogens is 2. The monoisotopic (exact) mass is 433 g/mol. The summed E-state index contributed by atoms with van der Waals surface area (Å²) in [5.74, 6) is 0.254. The number of rotatable bonds is 7. The Bertz CT molecular complexity index is 1060. The number of nitrogens with one attached hydrogen (secondary N) is 1. The molecule has 0 unspecified atom stereocenters. The number of hydrogen-bond donors (Lipinski definition) is 1. The van der Waals surface area contributed by atoms with Crippen LogP contribution in [0.25, 0.3) is 5.69 Å². The Morgan fingerprint density at radius 2 is 1.74 bits per heavy atom. The highest BCUT2D eigenvalue weighted by atomic mass is 19.4. The molecule has 0 saturated carbocycles. The molecule has 2 aromatic carbocycles. The Morgan fingerprint density at radius 3 is 2.35 bits per heavy atom. The molecule has 1 heterocycles. The maximum Gasteiger partial charge on any atom is 0.434 e. The van der Waals surface area contributed by atoms with E-state index in [0.29, 0.717) is 17.9 Å². The molecule has 0 saturated heterocycles. The third kappa shape index (κ3) is 4.99. The topological polar surface area (TPSA) is 65.4 Å². The van der Waals surface area contributed by atoms with Crippen LogP contribution in [0.15, 0.2) is 48.7 Å². The predicted molar refractivity (Wildman–Crippen MR) is 109 cm³/mol. The molecule has 1 N–H and O–H groups in total. The minimum absolute atomic E-state index is 0.140. The summed E-state index contributed by atoms with van der Waals surface area (Å²) in [5, 5.41) is 6.35. The maximum atomic E-state index is 13.7. The number of carbonyl (C=O) groups is 1. The second-order valence-electron chi connectivity index (χ2n) is 6.85. The molecule has 164 valence electrons. The number of alkyl halides is 3. The van der Waals surface area contributed by atoms with Crippen LogP contribution in [0.1, 0.15) is 27.2 Å². The van der Waals surface area contributed by atoms with E-state index in [2.05, 4.69) is 10.4 Å². The maximum absolute atomic E-state index is 13.7. The zero-order valence-corrected chi connectivity index (χ0v) is 17.3. The number of halogens is 3. The molecule has 0 radical (unpaired) electrons. The molecule has 0 aliphatic heterocycles. The van der Waals surface area contributed by atoms with Gasteiger partial charge in [-0.3, -0.25) is 4.79 Å². The van der Waals surface area contributed by atoms with Crippen molar-refractivity contribution in [3.63, 3.8) is 0 Å². The lowest BCUT2D eigenvalue weighted by molar-refractivity contribution is -0.143. The standard InChI is InChI=1S/C22H22F3N3O3/c1-14-4-7-16(8-5-14)28-20(22(23,24)25)17(13-27-28)21(29)26-11-10-15-6-9-18(30-2)19(12-15)31-3/h4-9,12-13H,10-11H2,1-3H3,(H,26,29). The number of ether oxygens (including phenoxy) is 2. The van der Waals surface area contributed by atoms with E-state index in [4.69, 9.17) is 9.47 Å². The van der Waals surface area contributed by atoms with Gasteiger partial charge in [0.15, 0.2) is 17.2 Å². The van der Waals surface area contributed by atoms with Gasteiger partial charge in [-0.15, -0.1) is 0 Å². The number of hydrogen-bond acceptors (Lipinski definition) is 4. The van der Waals surface area contributed by atoms with Crippen LogP contribution in [0.4, 0.5) is 13.2 Å². The molecule has 0 aliphatic carbocycles. The fourth-order valence-corrected chi connectivity index (χ4v) is 3.12. The minimum atomic E-state index is -4.75. The van der Waals surface area contributed by atoms with Gasteiger partial charge in [0, 0.05) is 6.54 Å². The second-order valence-corrected chi connectivity index (χ2v) is 6.85. The van der Waals surface area contributed by atoms with E-state index in [1.165, 1.54) is 26.4 Å². The zero-order valence-electron chi connectivity index (χ0n) is 17.3. The lowest BCUT2D eigenvalue weighted by atomic mass is 10.1. The number of carbonyl (C=O) groups excluding carboxylic acids is 1. The smallest absolute Gasteiger partial charge is 0.434 e. The van der Waals surface area contributed by atoms with Gasteiger partial charge in [-0.1, -0.05) is 23.8 Å². The average Bonchev–Trinajstić information content (AvgIpc) is 3.20. The van der Waals surface area contributed by atoms with Crippen LogP contribution in [0.5, 0.6) is 11.5 Å². The van der Waals surface area contributed by atoms with E-state index in [1.54, 1.807) is 30.3 Å².